The molecule has 2 bridgehead atoms. The van der Waals surface area contributed by atoms with Crippen molar-refractivity contribution in [3.05, 3.63) is 59.7 Å². The molecule has 14 heteroatoms. The molecule has 10 atom stereocenters. The molecular formula is C35H46O14. The maximum absolute atomic E-state index is 13.0. The zero-order chi connectivity index (χ0) is 36.9. The van der Waals surface area contributed by atoms with Crippen LogP contribution in [0.15, 0.2) is 54.1 Å². The molecule has 2 aliphatic heterocycles. The van der Waals surface area contributed by atoms with E-state index in [1.54, 1.807) is 6.92 Å². The van der Waals surface area contributed by atoms with Crippen molar-refractivity contribution in [1.82, 2.24) is 0 Å². The van der Waals surface area contributed by atoms with E-state index in [4.69, 9.17) is 18.9 Å². The zero-order valence-electron chi connectivity index (χ0n) is 28.4. The lowest BCUT2D eigenvalue weighted by Gasteiger charge is -2.48. The van der Waals surface area contributed by atoms with E-state index in [-0.39, 0.29) is 11.8 Å². The Morgan fingerprint density at radius 1 is 1.00 bits per heavy atom. The monoisotopic (exact) mass is 690 g/mol. The molecule has 2 fully saturated rings. The first-order valence-electron chi connectivity index (χ1n) is 16.1. The van der Waals surface area contributed by atoms with Crippen LogP contribution in [0.5, 0.6) is 0 Å². The van der Waals surface area contributed by atoms with Gasteiger partial charge < -0.3 is 44.5 Å². The minimum absolute atomic E-state index is 0.121. The van der Waals surface area contributed by atoms with E-state index < -0.39 is 77.7 Å². The van der Waals surface area contributed by atoms with Gasteiger partial charge in [-0.25, -0.2) is 19.2 Å². The number of hydrogen-bond donors (Lipinski definition) is 5. The molecule has 0 spiro atoms. The highest BCUT2D eigenvalue weighted by Gasteiger charge is 2.85. The number of aliphatic carboxylic acids is 3. The Morgan fingerprint density at radius 3 is 2.16 bits per heavy atom. The third-order valence-electron chi connectivity index (χ3n) is 9.25. The van der Waals surface area contributed by atoms with Gasteiger partial charge in [-0.2, -0.15) is 0 Å². The van der Waals surface area contributed by atoms with Crippen LogP contribution in [-0.2, 0) is 49.3 Å². The fourth-order valence-corrected chi connectivity index (χ4v) is 6.53. The first kappa shape index (κ1) is 39.3. The van der Waals surface area contributed by atoms with Crippen LogP contribution >= 0.6 is 0 Å². The Balaban J connectivity index is 2.08. The number of carboxylic acids is 3. The van der Waals surface area contributed by atoms with Crippen molar-refractivity contribution in [2.24, 2.45) is 17.8 Å². The number of fused-ring (bicyclic) bond motifs is 2. The molecule has 3 rings (SSSR count). The van der Waals surface area contributed by atoms with E-state index >= 15 is 0 Å². The van der Waals surface area contributed by atoms with Crippen LogP contribution in [0, 0.1) is 17.8 Å². The quantitative estimate of drug-likeness (QED) is 0.0956. The lowest BCUT2D eigenvalue weighted by Crippen LogP contribution is -2.78. The molecule has 1 aromatic carbocycles. The van der Waals surface area contributed by atoms with Crippen LogP contribution < -0.4 is 0 Å². The van der Waals surface area contributed by atoms with Crippen molar-refractivity contribution in [2.45, 2.75) is 109 Å². The largest absolute Gasteiger partial charge is 0.479 e. The van der Waals surface area contributed by atoms with E-state index in [9.17, 15) is 49.5 Å². The van der Waals surface area contributed by atoms with Crippen molar-refractivity contribution in [2.75, 3.05) is 0 Å². The number of carbonyl (C=O) groups excluding carboxylic acids is 2. The smallest absolute Gasteiger partial charge is 0.344 e. The molecule has 0 radical (unpaired) electrons. The highest BCUT2D eigenvalue weighted by atomic mass is 16.8. The Labute approximate surface area is 284 Å². The Morgan fingerprint density at radius 2 is 1.63 bits per heavy atom. The Bertz CT molecular complexity index is 1460. The van der Waals surface area contributed by atoms with Gasteiger partial charge in [0, 0.05) is 25.3 Å². The predicted octanol–water partition coefficient (Wildman–Crippen LogP) is 2.88. The molecule has 5 N–H and O–H groups in total. The fourth-order valence-electron chi connectivity index (χ4n) is 6.53. The second kappa shape index (κ2) is 15.6. The summed E-state index contributed by atoms with van der Waals surface area (Å²) in [6, 6.07) is 9.33. The summed E-state index contributed by atoms with van der Waals surface area (Å²) in [5.41, 5.74) is -6.13. The summed E-state index contributed by atoms with van der Waals surface area (Å²) in [5, 5.41) is 53.5. The minimum atomic E-state index is -3.90. The maximum Gasteiger partial charge on any atom is 0.344 e. The van der Waals surface area contributed by atoms with Crippen molar-refractivity contribution >= 4 is 29.8 Å². The van der Waals surface area contributed by atoms with Gasteiger partial charge in [0.2, 0.25) is 23.1 Å². The van der Waals surface area contributed by atoms with Crippen molar-refractivity contribution in [3.63, 3.8) is 0 Å². The van der Waals surface area contributed by atoms with Crippen LogP contribution in [-0.4, -0.2) is 96.8 Å². The molecule has 2 saturated heterocycles. The van der Waals surface area contributed by atoms with Crippen LogP contribution in [0.2, 0.25) is 0 Å². The zero-order valence-corrected chi connectivity index (χ0v) is 28.4. The average Bonchev–Trinajstić information content (AvgIpc) is 3.25. The summed E-state index contributed by atoms with van der Waals surface area (Å²) in [6.07, 6.45) is -3.22. The molecule has 1 aromatic rings. The Hall–Kier alpha value is -4.11. The molecule has 0 unspecified atom stereocenters. The second-order valence-electron chi connectivity index (χ2n) is 13.1. The van der Waals surface area contributed by atoms with E-state index in [0.29, 0.717) is 24.3 Å². The average molecular weight is 691 g/mol. The number of rotatable bonds is 16. The first-order chi connectivity index (χ1) is 22.9. The van der Waals surface area contributed by atoms with E-state index in [0.717, 1.165) is 18.1 Å². The van der Waals surface area contributed by atoms with Gasteiger partial charge in [-0.3, -0.25) is 4.79 Å². The van der Waals surface area contributed by atoms with Crippen LogP contribution in [0.4, 0.5) is 0 Å². The normalized spacial score (nSPS) is 30.6. The summed E-state index contributed by atoms with van der Waals surface area (Å²) in [4.78, 5) is 63.0. The summed E-state index contributed by atoms with van der Waals surface area (Å²) in [6.45, 7) is 10.5. The molecule has 49 heavy (non-hydrogen) atoms. The summed E-state index contributed by atoms with van der Waals surface area (Å²) in [7, 11) is 0. The standard InChI is InChI=1S/C35H46O14/c1-7-19(2)17-20(3)13-14-25(37)47-28-27(38)33(48-29(30(39)40)34(45,31(41)42)35(28,49-33)32(43)44)16-15-21(4)26(46-23(6)36)22(5)18-24-11-9-8-10-12-24/h8-15,19-20,22,26-29,38,45H,7,16-18H2,1-6H3,(H,39,40)(H,41,42)(H,43,44)/b14-13+,21-15+/t19-,20+,22+,26+,27+,28+,29+,33-,34+,35-/m0/s1. The van der Waals surface area contributed by atoms with Crippen LogP contribution in [0.25, 0.3) is 0 Å². The summed E-state index contributed by atoms with van der Waals surface area (Å²) >= 11 is 0. The molecule has 0 aromatic heterocycles. The van der Waals surface area contributed by atoms with Gasteiger partial charge in [-0.1, -0.05) is 76.6 Å². The Kier molecular flexibility index (Phi) is 12.5. The molecule has 0 aliphatic carbocycles. The highest BCUT2D eigenvalue weighted by molar-refractivity contribution is 5.98. The first-order valence-corrected chi connectivity index (χ1v) is 16.1. The van der Waals surface area contributed by atoms with E-state index in [2.05, 4.69) is 0 Å². The number of benzene rings is 1. The topological polar surface area (TPSA) is 223 Å². The SMILES string of the molecule is CC[C@H](C)C[C@H](C)/C=C/C(=O)O[C@@H]1[C@@H](O)[C@@]2(C/C=C(\C)[C@@H](OC(C)=O)[C@H](C)Cc3ccccc3)O[C@H](C(=O)O)[C@@](O)(C(=O)O)[C@]1(C(=O)O)O2. The number of aliphatic hydroxyl groups excluding tert-OH is 1. The van der Waals surface area contributed by atoms with Crippen molar-refractivity contribution in [1.29, 1.82) is 0 Å². The third kappa shape index (κ3) is 7.88. The van der Waals surface area contributed by atoms with E-state index in [1.165, 1.54) is 19.1 Å². The lowest BCUT2D eigenvalue weighted by molar-refractivity contribution is -0.371. The van der Waals surface area contributed by atoms with Crippen molar-refractivity contribution < 1.29 is 68.5 Å². The third-order valence-corrected chi connectivity index (χ3v) is 9.25. The van der Waals surface area contributed by atoms with Crippen molar-refractivity contribution in [3.8, 4) is 0 Å². The fraction of sp³-hybridized carbons (Fsp3) is 0.571. The van der Waals surface area contributed by atoms with Gasteiger partial charge >= 0.3 is 29.8 Å². The summed E-state index contributed by atoms with van der Waals surface area (Å²) in [5.74, 6) is -11.3. The van der Waals surface area contributed by atoms with Gasteiger partial charge in [0.05, 0.1) is 0 Å². The van der Waals surface area contributed by atoms with Gasteiger partial charge in [0.25, 0.3) is 0 Å². The molecule has 270 valence electrons. The minimum Gasteiger partial charge on any atom is -0.479 e. The second-order valence-corrected chi connectivity index (χ2v) is 13.1. The lowest BCUT2D eigenvalue weighted by atomic mass is 9.74. The summed E-state index contributed by atoms with van der Waals surface area (Å²) < 4.78 is 22.1. The number of carboxylic acid groups (broad SMARTS) is 3. The molecule has 2 heterocycles. The number of allylic oxidation sites excluding steroid dienone is 1. The predicted molar refractivity (Wildman–Crippen MR) is 171 cm³/mol. The highest BCUT2D eigenvalue weighted by Crippen LogP contribution is 2.55. The van der Waals surface area contributed by atoms with Crippen LogP contribution in [0.1, 0.15) is 66.4 Å². The van der Waals surface area contributed by atoms with Gasteiger partial charge in [0.1, 0.15) is 12.2 Å². The molecular weight excluding hydrogens is 644 g/mol. The van der Waals surface area contributed by atoms with Gasteiger partial charge in [0.15, 0.2) is 6.10 Å². The molecule has 0 amide bonds. The number of aliphatic hydroxyl groups is 2. The molecule has 14 nitrogen and oxygen atoms in total. The number of ether oxygens (including phenoxy) is 4. The molecule has 0 saturated carbocycles. The molecule has 2 aliphatic rings. The van der Waals surface area contributed by atoms with Gasteiger partial charge in [-0.15, -0.1) is 0 Å². The number of hydrogen-bond acceptors (Lipinski definition) is 11. The maximum atomic E-state index is 13.0. The van der Waals surface area contributed by atoms with Crippen LogP contribution in [0.3, 0.4) is 0 Å². The number of carbonyl (C=O) groups is 5. The van der Waals surface area contributed by atoms with E-state index in [1.807, 2.05) is 58.0 Å². The number of esters is 2. The van der Waals surface area contributed by atoms with Gasteiger partial charge in [-0.05, 0) is 42.7 Å².